The molecule has 1 aromatic heterocycles. The quantitative estimate of drug-likeness (QED) is 0.781. The molecule has 1 aromatic rings. The fourth-order valence-corrected chi connectivity index (χ4v) is 0.934. The van der Waals surface area contributed by atoms with Gasteiger partial charge in [0.1, 0.15) is 0 Å². The Hall–Kier alpha value is 0.0600. The van der Waals surface area contributed by atoms with Crippen molar-refractivity contribution in [2.24, 2.45) is 0 Å². The van der Waals surface area contributed by atoms with Gasteiger partial charge in [-0.25, -0.2) is 0 Å². The molecule has 5 nitrogen and oxygen atoms in total. The molecule has 0 aromatic carbocycles. The van der Waals surface area contributed by atoms with Gasteiger partial charge in [0.25, 0.3) is 11.9 Å². The molecule has 10 heteroatoms. The maximum atomic E-state index is 5.49. The zero-order valence-corrected chi connectivity index (χ0v) is 9.41. The van der Waals surface area contributed by atoms with E-state index in [0.717, 1.165) is 0 Å². The number of halogens is 5. The Morgan fingerprint density at radius 3 is 1.46 bits per heavy atom. The van der Waals surface area contributed by atoms with E-state index in [9.17, 15) is 0 Å². The van der Waals surface area contributed by atoms with E-state index in [1.165, 1.54) is 0 Å². The lowest BCUT2D eigenvalue weighted by Crippen LogP contribution is -2.06. The minimum absolute atomic E-state index is 0.0790. The van der Waals surface area contributed by atoms with Crippen LogP contribution in [-0.2, 0) is 0 Å². The molecule has 0 radical (unpaired) electrons. The summed E-state index contributed by atoms with van der Waals surface area (Å²) in [4.78, 5) is 10.8. The van der Waals surface area contributed by atoms with E-state index < -0.39 is 0 Å². The van der Waals surface area contributed by atoms with Crippen molar-refractivity contribution in [3.63, 3.8) is 0 Å². The van der Waals surface area contributed by atoms with Crippen LogP contribution in [0.25, 0.3) is 0 Å². The Morgan fingerprint density at radius 1 is 0.769 bits per heavy atom. The summed E-state index contributed by atoms with van der Waals surface area (Å²) in [5.74, 6) is -0.158. The Morgan fingerprint density at radius 2 is 1.15 bits per heavy atom. The molecule has 72 valence electrons. The third kappa shape index (κ3) is 3.03. The predicted octanol–water partition coefficient (Wildman–Crippen LogP) is 2.75. The minimum Gasteiger partial charge on any atom is -0.179 e. The summed E-state index contributed by atoms with van der Waals surface area (Å²) in [5.41, 5.74) is 0. The van der Waals surface area contributed by atoms with Crippen LogP contribution in [0.4, 0.5) is 11.9 Å². The fraction of sp³-hybridized carbons (Fsp3) is 0. The Kier molecular flexibility index (Phi) is 3.87. The molecule has 0 spiro atoms. The van der Waals surface area contributed by atoms with Gasteiger partial charge in [0.05, 0.1) is 0 Å². The van der Waals surface area contributed by atoms with E-state index in [1.54, 1.807) is 0 Å². The molecule has 0 bridgehead atoms. The normalized spacial score (nSPS) is 9.92. The monoisotopic (exact) mass is 281 g/mol. The number of rotatable bonds is 2. The molecular weight excluding hydrogens is 283 g/mol. The second-order valence-electron chi connectivity index (χ2n) is 1.67. The fourth-order valence-electron chi connectivity index (χ4n) is 0.481. The van der Waals surface area contributed by atoms with Gasteiger partial charge in [-0.15, -0.1) is 0 Å². The average Bonchev–Trinajstić information content (AvgIpc) is 2.03. The molecule has 0 N–H and O–H groups in total. The maximum Gasteiger partial charge on any atom is 0.262 e. The van der Waals surface area contributed by atoms with Crippen LogP contribution in [0, 0.1) is 0 Å². The third-order valence-electron chi connectivity index (χ3n) is 0.887. The first kappa shape index (κ1) is 11.1. The highest BCUT2D eigenvalue weighted by Gasteiger charge is 2.12. The van der Waals surface area contributed by atoms with Crippen molar-refractivity contribution in [2.45, 2.75) is 0 Å². The molecule has 0 amide bonds. The first-order chi connectivity index (χ1) is 6.00. The van der Waals surface area contributed by atoms with Crippen LogP contribution in [-0.4, -0.2) is 15.0 Å². The van der Waals surface area contributed by atoms with E-state index >= 15 is 0 Å². The highest BCUT2D eigenvalue weighted by molar-refractivity contribution is 6.49. The van der Waals surface area contributed by atoms with Crippen molar-refractivity contribution in [1.82, 2.24) is 15.0 Å². The van der Waals surface area contributed by atoms with Gasteiger partial charge >= 0.3 is 0 Å². The third-order valence-corrected chi connectivity index (χ3v) is 1.66. The van der Waals surface area contributed by atoms with Crippen molar-refractivity contribution >= 4 is 70.6 Å². The lowest BCUT2D eigenvalue weighted by molar-refractivity contribution is 1.04. The maximum absolute atomic E-state index is 5.49. The largest absolute Gasteiger partial charge is 0.262 e. The molecule has 0 aliphatic rings. The van der Waals surface area contributed by atoms with E-state index in [0.29, 0.717) is 7.88 Å². The van der Waals surface area contributed by atoms with E-state index in [4.69, 9.17) is 58.7 Å². The van der Waals surface area contributed by atoms with Crippen LogP contribution in [0.1, 0.15) is 0 Å². The van der Waals surface area contributed by atoms with Gasteiger partial charge in [0.2, 0.25) is 5.28 Å². The van der Waals surface area contributed by atoms with Gasteiger partial charge in [-0.1, -0.05) is 0 Å². The van der Waals surface area contributed by atoms with Crippen LogP contribution in [0.15, 0.2) is 0 Å². The average molecular weight is 283 g/mol. The van der Waals surface area contributed by atoms with Crippen LogP contribution >= 0.6 is 58.7 Å². The molecule has 0 aliphatic heterocycles. The van der Waals surface area contributed by atoms with E-state index in [2.05, 4.69) is 15.0 Å². The summed E-state index contributed by atoms with van der Waals surface area (Å²) in [6.45, 7) is 0. The standard InChI is InChI=1S/C3Cl5N5/c4-1-9-2(12(5)6)11-3(10-1)13(7)8. The van der Waals surface area contributed by atoms with E-state index in [-0.39, 0.29) is 17.2 Å². The van der Waals surface area contributed by atoms with Gasteiger partial charge in [-0.2, -0.15) is 22.8 Å². The highest BCUT2D eigenvalue weighted by atomic mass is 35.5. The van der Waals surface area contributed by atoms with Crippen molar-refractivity contribution in [3.05, 3.63) is 5.28 Å². The topological polar surface area (TPSA) is 45.2 Å². The molecule has 0 saturated heterocycles. The van der Waals surface area contributed by atoms with Crippen molar-refractivity contribution in [2.75, 3.05) is 7.88 Å². The highest BCUT2D eigenvalue weighted by Crippen LogP contribution is 2.21. The Balaban J connectivity index is 3.11. The number of hydrogen-bond acceptors (Lipinski definition) is 5. The number of aromatic nitrogens is 3. The molecule has 0 aliphatic carbocycles. The molecule has 13 heavy (non-hydrogen) atoms. The first-order valence-electron chi connectivity index (χ1n) is 2.65. The lowest BCUT2D eigenvalue weighted by Gasteiger charge is -2.07. The summed E-state index contributed by atoms with van der Waals surface area (Å²) in [7, 11) is 0. The summed E-state index contributed by atoms with van der Waals surface area (Å²) in [5, 5.41) is -0.127. The number of nitrogens with zero attached hydrogens (tertiary/aromatic N) is 5. The molecular formula is C3Cl5N5. The van der Waals surface area contributed by atoms with Crippen LogP contribution in [0.2, 0.25) is 5.28 Å². The molecule has 1 heterocycles. The van der Waals surface area contributed by atoms with Gasteiger partial charge < -0.3 is 0 Å². The van der Waals surface area contributed by atoms with Crippen molar-refractivity contribution < 1.29 is 0 Å². The molecule has 0 fully saturated rings. The summed E-state index contributed by atoms with van der Waals surface area (Å²) >= 11 is 26.8. The minimum atomic E-state index is -0.127. The van der Waals surface area contributed by atoms with Crippen LogP contribution in [0.3, 0.4) is 0 Å². The molecule has 1 rings (SSSR count). The second-order valence-corrected chi connectivity index (χ2v) is 3.71. The van der Waals surface area contributed by atoms with Crippen molar-refractivity contribution in [1.29, 1.82) is 0 Å². The molecule has 0 atom stereocenters. The van der Waals surface area contributed by atoms with E-state index in [1.807, 2.05) is 0 Å². The van der Waals surface area contributed by atoms with Gasteiger partial charge in [-0.05, 0) is 11.6 Å². The molecule has 0 unspecified atom stereocenters. The van der Waals surface area contributed by atoms with Gasteiger partial charge in [0, 0.05) is 47.1 Å². The van der Waals surface area contributed by atoms with Crippen molar-refractivity contribution in [3.8, 4) is 0 Å². The lowest BCUT2D eigenvalue weighted by atomic mass is 10.9. The summed E-state index contributed by atoms with van der Waals surface area (Å²) in [6, 6.07) is 0. The Bertz CT molecular complexity index is 276. The van der Waals surface area contributed by atoms with Crippen LogP contribution in [0.5, 0.6) is 0 Å². The number of anilines is 2. The van der Waals surface area contributed by atoms with Gasteiger partial charge in [0.15, 0.2) is 0 Å². The smallest absolute Gasteiger partial charge is 0.179 e. The summed E-state index contributed by atoms with van der Waals surface area (Å²) in [6.07, 6.45) is 0. The number of hydrogen-bond donors (Lipinski definition) is 0. The zero-order valence-electron chi connectivity index (χ0n) is 5.63. The second kappa shape index (κ2) is 4.52. The van der Waals surface area contributed by atoms with Gasteiger partial charge in [-0.3, -0.25) is 0 Å². The predicted molar refractivity (Wildman–Crippen MR) is 53.2 cm³/mol. The SMILES string of the molecule is Clc1nc(N(Cl)Cl)nc(N(Cl)Cl)n1. The first-order valence-corrected chi connectivity index (χ1v) is 4.38. The zero-order chi connectivity index (χ0) is 10.0. The molecule has 0 saturated carbocycles. The Labute approximate surface area is 98.6 Å². The van der Waals surface area contributed by atoms with Crippen LogP contribution < -0.4 is 7.88 Å². The summed E-state index contributed by atoms with van der Waals surface area (Å²) < 4.78 is 1.21.